The van der Waals surface area contributed by atoms with Crippen molar-refractivity contribution in [1.29, 1.82) is 0 Å². The normalized spacial score (nSPS) is 15.3. The quantitative estimate of drug-likeness (QED) is 0.599. The highest BCUT2D eigenvalue weighted by atomic mass is 32.2. The van der Waals surface area contributed by atoms with Crippen LogP contribution in [0.25, 0.3) is 0 Å². The lowest BCUT2D eigenvalue weighted by Gasteiger charge is -2.22. The van der Waals surface area contributed by atoms with E-state index in [9.17, 15) is 9.59 Å². The van der Waals surface area contributed by atoms with Gasteiger partial charge in [-0.2, -0.15) is 0 Å². The number of rotatable bonds is 7. The molecule has 0 aromatic heterocycles. The zero-order chi connectivity index (χ0) is 17.5. The van der Waals surface area contributed by atoms with Crippen LogP contribution in [0, 0.1) is 5.92 Å². The molecule has 7 heteroatoms. The Morgan fingerprint density at radius 1 is 1.29 bits per heavy atom. The van der Waals surface area contributed by atoms with Gasteiger partial charge < -0.3 is 19.5 Å². The van der Waals surface area contributed by atoms with E-state index in [1.165, 1.54) is 18.9 Å². The number of thioether (sulfide) groups is 1. The summed E-state index contributed by atoms with van der Waals surface area (Å²) in [6, 6.07) is 4.97. The standard InChI is InChI=1S/C17H23NO5S/c1-4-11(2)16(17(20)21-3)18-15(19)10-24-12-5-6-13-14(9-12)23-8-7-22-13/h5-6,9,11,16H,4,7-8,10H2,1-3H3,(H,18,19)/t11-,16+/m1/s1. The molecule has 0 fully saturated rings. The Morgan fingerprint density at radius 3 is 2.67 bits per heavy atom. The molecule has 2 rings (SSSR count). The van der Waals surface area contributed by atoms with E-state index in [0.717, 1.165) is 17.1 Å². The number of benzene rings is 1. The lowest BCUT2D eigenvalue weighted by atomic mass is 9.99. The Labute approximate surface area is 146 Å². The second-order valence-electron chi connectivity index (χ2n) is 5.55. The summed E-state index contributed by atoms with van der Waals surface area (Å²) in [7, 11) is 1.33. The number of esters is 1. The molecule has 132 valence electrons. The Morgan fingerprint density at radius 2 is 2.00 bits per heavy atom. The van der Waals surface area contributed by atoms with Gasteiger partial charge in [-0.3, -0.25) is 4.79 Å². The van der Waals surface area contributed by atoms with Gasteiger partial charge in [-0.25, -0.2) is 4.79 Å². The maximum absolute atomic E-state index is 12.2. The van der Waals surface area contributed by atoms with E-state index in [4.69, 9.17) is 14.2 Å². The fourth-order valence-electron chi connectivity index (χ4n) is 2.27. The van der Waals surface area contributed by atoms with Crippen molar-refractivity contribution in [3.63, 3.8) is 0 Å². The predicted molar refractivity (Wildman–Crippen MR) is 91.6 cm³/mol. The number of fused-ring (bicyclic) bond motifs is 1. The first-order valence-corrected chi connectivity index (χ1v) is 8.93. The van der Waals surface area contributed by atoms with Crippen molar-refractivity contribution in [2.24, 2.45) is 5.92 Å². The van der Waals surface area contributed by atoms with Gasteiger partial charge in [-0.05, 0) is 24.1 Å². The summed E-state index contributed by atoms with van der Waals surface area (Å²) in [5.41, 5.74) is 0. The number of carbonyl (C=O) groups excluding carboxylic acids is 2. The van der Waals surface area contributed by atoms with Crippen LogP contribution < -0.4 is 14.8 Å². The zero-order valence-corrected chi connectivity index (χ0v) is 15.0. The maximum Gasteiger partial charge on any atom is 0.328 e. The number of ether oxygens (including phenoxy) is 3. The lowest BCUT2D eigenvalue weighted by Crippen LogP contribution is -2.46. The topological polar surface area (TPSA) is 73.9 Å². The molecule has 1 aromatic rings. The summed E-state index contributed by atoms with van der Waals surface area (Å²) in [4.78, 5) is 24.9. The number of hydrogen-bond donors (Lipinski definition) is 1. The van der Waals surface area contributed by atoms with Gasteiger partial charge in [0.2, 0.25) is 5.91 Å². The summed E-state index contributed by atoms with van der Waals surface area (Å²) in [5, 5.41) is 2.76. The summed E-state index contributed by atoms with van der Waals surface area (Å²) in [5.74, 6) is 1.02. The molecule has 6 nitrogen and oxygen atoms in total. The van der Waals surface area contributed by atoms with Gasteiger partial charge in [-0.1, -0.05) is 20.3 Å². The Kier molecular flexibility index (Phi) is 6.78. The minimum atomic E-state index is -0.617. The third-order valence-corrected chi connectivity index (χ3v) is 4.86. The zero-order valence-electron chi connectivity index (χ0n) is 14.2. The molecule has 0 radical (unpaired) electrons. The Balaban J connectivity index is 1.91. The van der Waals surface area contributed by atoms with E-state index in [1.807, 2.05) is 32.0 Å². The fourth-order valence-corrected chi connectivity index (χ4v) is 3.01. The molecule has 24 heavy (non-hydrogen) atoms. The number of amides is 1. The van der Waals surface area contributed by atoms with Crippen LogP contribution in [0.4, 0.5) is 0 Å². The van der Waals surface area contributed by atoms with Crippen molar-refractivity contribution in [3.05, 3.63) is 18.2 Å². The number of carbonyl (C=O) groups is 2. The van der Waals surface area contributed by atoms with Crippen LogP contribution in [0.2, 0.25) is 0 Å². The fraction of sp³-hybridized carbons (Fsp3) is 0.529. The van der Waals surface area contributed by atoms with Crippen LogP contribution in [0.3, 0.4) is 0 Å². The van der Waals surface area contributed by atoms with E-state index >= 15 is 0 Å². The van der Waals surface area contributed by atoms with Gasteiger partial charge in [0.05, 0.1) is 12.9 Å². The highest BCUT2D eigenvalue weighted by Crippen LogP contribution is 2.34. The van der Waals surface area contributed by atoms with E-state index in [1.54, 1.807) is 0 Å². The van der Waals surface area contributed by atoms with E-state index in [2.05, 4.69) is 5.32 Å². The molecule has 1 aliphatic rings. The van der Waals surface area contributed by atoms with Gasteiger partial charge in [0.1, 0.15) is 19.3 Å². The first-order chi connectivity index (χ1) is 11.5. The van der Waals surface area contributed by atoms with Crippen LogP contribution in [0.15, 0.2) is 23.1 Å². The first-order valence-electron chi connectivity index (χ1n) is 7.94. The molecule has 0 saturated carbocycles. The molecule has 2 atom stereocenters. The second-order valence-corrected chi connectivity index (χ2v) is 6.60. The number of hydrogen-bond acceptors (Lipinski definition) is 6. The Bertz CT molecular complexity index is 592. The summed E-state index contributed by atoms with van der Waals surface area (Å²) < 4.78 is 15.8. The van der Waals surface area contributed by atoms with Crippen molar-refractivity contribution in [2.75, 3.05) is 26.1 Å². The van der Waals surface area contributed by atoms with Crippen molar-refractivity contribution >= 4 is 23.6 Å². The van der Waals surface area contributed by atoms with Crippen LogP contribution >= 0.6 is 11.8 Å². The predicted octanol–water partition coefficient (Wildman–Crippen LogP) is 2.25. The first kappa shape index (κ1) is 18.4. The molecular weight excluding hydrogens is 330 g/mol. The molecule has 1 N–H and O–H groups in total. The average Bonchev–Trinajstić information content (AvgIpc) is 2.62. The molecule has 1 heterocycles. The van der Waals surface area contributed by atoms with Gasteiger partial charge in [0.25, 0.3) is 0 Å². The van der Waals surface area contributed by atoms with Crippen molar-refractivity contribution in [3.8, 4) is 11.5 Å². The molecule has 1 aliphatic heterocycles. The number of methoxy groups -OCH3 is 1. The monoisotopic (exact) mass is 353 g/mol. The minimum absolute atomic E-state index is 0.0145. The minimum Gasteiger partial charge on any atom is -0.486 e. The SMILES string of the molecule is CC[C@@H](C)[C@H](NC(=O)CSc1ccc2c(c1)OCCO2)C(=O)OC. The van der Waals surface area contributed by atoms with Crippen molar-refractivity contribution in [1.82, 2.24) is 5.32 Å². The van der Waals surface area contributed by atoms with Gasteiger partial charge in [-0.15, -0.1) is 11.8 Å². The summed E-state index contributed by atoms with van der Waals surface area (Å²) in [6.07, 6.45) is 0.773. The van der Waals surface area contributed by atoms with Crippen LogP contribution in [0.5, 0.6) is 11.5 Å². The van der Waals surface area contributed by atoms with Gasteiger partial charge in [0.15, 0.2) is 11.5 Å². The molecule has 0 aliphatic carbocycles. The third-order valence-electron chi connectivity index (χ3n) is 3.87. The van der Waals surface area contributed by atoms with Crippen LogP contribution in [0.1, 0.15) is 20.3 Å². The van der Waals surface area contributed by atoms with E-state index in [0.29, 0.717) is 19.0 Å². The summed E-state index contributed by atoms with van der Waals surface area (Å²) in [6.45, 7) is 4.95. The van der Waals surface area contributed by atoms with E-state index in [-0.39, 0.29) is 17.6 Å². The van der Waals surface area contributed by atoms with Gasteiger partial charge >= 0.3 is 5.97 Å². The molecule has 1 amide bonds. The van der Waals surface area contributed by atoms with E-state index < -0.39 is 12.0 Å². The highest BCUT2D eigenvalue weighted by molar-refractivity contribution is 8.00. The second kappa shape index (κ2) is 8.82. The van der Waals surface area contributed by atoms with Crippen LogP contribution in [-0.4, -0.2) is 44.0 Å². The molecular formula is C17H23NO5S. The third kappa shape index (κ3) is 4.80. The maximum atomic E-state index is 12.2. The average molecular weight is 353 g/mol. The lowest BCUT2D eigenvalue weighted by molar-refractivity contribution is -0.146. The van der Waals surface area contributed by atoms with Crippen molar-refractivity contribution < 1.29 is 23.8 Å². The van der Waals surface area contributed by atoms with Gasteiger partial charge in [0, 0.05) is 4.90 Å². The molecule has 1 aromatic carbocycles. The molecule has 0 saturated heterocycles. The largest absolute Gasteiger partial charge is 0.486 e. The smallest absolute Gasteiger partial charge is 0.328 e. The molecule has 0 bridgehead atoms. The summed E-state index contributed by atoms with van der Waals surface area (Å²) >= 11 is 1.38. The Hall–Kier alpha value is -1.89. The number of nitrogens with one attached hydrogen (secondary N) is 1. The van der Waals surface area contributed by atoms with Crippen LogP contribution in [-0.2, 0) is 14.3 Å². The highest BCUT2D eigenvalue weighted by Gasteiger charge is 2.26. The molecule has 0 spiro atoms. The van der Waals surface area contributed by atoms with Crippen molar-refractivity contribution in [2.45, 2.75) is 31.2 Å². The molecule has 0 unspecified atom stereocenters.